The molecule has 1 aromatic heterocycles. The van der Waals surface area contributed by atoms with Crippen molar-refractivity contribution in [3.63, 3.8) is 0 Å². The van der Waals surface area contributed by atoms with Gasteiger partial charge in [0.15, 0.2) is 5.25 Å². The monoisotopic (exact) mass is 303 g/mol. The Hall–Kier alpha value is -1.57. The molecule has 1 rings (SSSR count). The molecule has 1 aromatic rings. The molecule has 1 amide bonds. The summed E-state index contributed by atoms with van der Waals surface area (Å²) in [5.41, 5.74) is 0.375. The average molecular weight is 303 g/mol. The van der Waals surface area contributed by atoms with E-state index in [9.17, 15) is 13.2 Å². The van der Waals surface area contributed by atoms with Crippen molar-refractivity contribution in [2.75, 3.05) is 18.8 Å². The Morgan fingerprint density at radius 1 is 1.40 bits per heavy atom. The van der Waals surface area contributed by atoms with Crippen LogP contribution in [0.15, 0.2) is 10.6 Å². The number of hydrogen-bond donors (Lipinski definition) is 1. The van der Waals surface area contributed by atoms with Gasteiger partial charge in [0.1, 0.15) is 0 Å². The van der Waals surface area contributed by atoms with Gasteiger partial charge in [0.05, 0.1) is 5.69 Å². The van der Waals surface area contributed by atoms with E-state index in [2.05, 4.69) is 9.88 Å². The molecule has 0 bridgehead atoms. The molecular weight excluding hydrogens is 282 g/mol. The van der Waals surface area contributed by atoms with Gasteiger partial charge in [-0.3, -0.25) is 9.52 Å². The first-order valence-electron chi connectivity index (χ1n) is 6.15. The zero-order valence-corrected chi connectivity index (χ0v) is 13.4. The van der Waals surface area contributed by atoms with Crippen LogP contribution in [0, 0.1) is 0 Å². The van der Waals surface area contributed by atoms with Crippen molar-refractivity contribution < 1.29 is 17.7 Å². The van der Waals surface area contributed by atoms with E-state index in [4.69, 9.17) is 4.52 Å². The van der Waals surface area contributed by atoms with Gasteiger partial charge in [-0.2, -0.15) is 0 Å². The summed E-state index contributed by atoms with van der Waals surface area (Å²) in [5, 5.41) is 2.61. The summed E-state index contributed by atoms with van der Waals surface area (Å²) in [6, 6.07) is 1.52. The van der Waals surface area contributed by atoms with Crippen molar-refractivity contribution in [1.82, 2.24) is 10.1 Å². The molecule has 0 spiro atoms. The molecule has 1 atom stereocenters. The predicted octanol–water partition coefficient (Wildman–Crippen LogP) is 1.19. The maximum absolute atomic E-state index is 12.1. The fourth-order valence-electron chi connectivity index (χ4n) is 1.40. The number of anilines is 1. The lowest BCUT2D eigenvalue weighted by atomic mass is 9.92. The number of carbonyl (C=O) groups is 1. The Balaban J connectivity index is 2.92. The van der Waals surface area contributed by atoms with Gasteiger partial charge < -0.3 is 9.42 Å². The van der Waals surface area contributed by atoms with Crippen LogP contribution in [0.3, 0.4) is 0 Å². The van der Waals surface area contributed by atoms with Gasteiger partial charge in [0.2, 0.25) is 21.8 Å². The molecule has 20 heavy (non-hydrogen) atoms. The van der Waals surface area contributed by atoms with E-state index in [0.717, 1.165) is 0 Å². The van der Waals surface area contributed by atoms with E-state index >= 15 is 0 Å². The molecule has 0 aromatic carbocycles. The van der Waals surface area contributed by atoms with Crippen LogP contribution in [-0.2, 0) is 20.2 Å². The highest BCUT2D eigenvalue weighted by molar-refractivity contribution is 7.94. The Labute approximate surface area is 119 Å². The minimum atomic E-state index is -3.86. The molecule has 0 saturated heterocycles. The number of amides is 1. The zero-order valence-electron chi connectivity index (χ0n) is 12.6. The molecule has 0 fully saturated rings. The molecule has 0 radical (unpaired) electrons. The molecule has 1 heterocycles. The van der Waals surface area contributed by atoms with Crippen molar-refractivity contribution in [3.05, 3.63) is 11.8 Å². The quantitative estimate of drug-likeness (QED) is 0.902. The molecule has 0 unspecified atom stereocenters. The first-order chi connectivity index (χ1) is 8.95. The van der Waals surface area contributed by atoms with Gasteiger partial charge in [-0.15, -0.1) is 0 Å². The minimum Gasteiger partial charge on any atom is -0.348 e. The highest BCUT2D eigenvalue weighted by atomic mass is 32.2. The maximum atomic E-state index is 12.1. The highest BCUT2D eigenvalue weighted by Gasteiger charge is 2.30. The molecule has 7 nitrogen and oxygen atoms in total. The molecule has 8 heteroatoms. The minimum absolute atomic E-state index is 0.00771. The number of nitrogens with zero attached hydrogens (tertiary/aromatic N) is 2. The van der Waals surface area contributed by atoms with Crippen LogP contribution in [-0.4, -0.2) is 43.7 Å². The fourth-order valence-corrected chi connectivity index (χ4v) is 2.43. The lowest BCUT2D eigenvalue weighted by Crippen LogP contribution is -2.39. The van der Waals surface area contributed by atoms with Crippen molar-refractivity contribution in [3.8, 4) is 0 Å². The lowest BCUT2D eigenvalue weighted by Gasteiger charge is -2.17. The fraction of sp³-hybridized carbons (Fsp3) is 0.667. The summed E-state index contributed by atoms with van der Waals surface area (Å²) < 4.78 is 31.3. The summed E-state index contributed by atoms with van der Waals surface area (Å²) in [6.07, 6.45) is 0. The first-order valence-corrected chi connectivity index (χ1v) is 7.70. The van der Waals surface area contributed by atoms with Crippen molar-refractivity contribution in [2.24, 2.45) is 0 Å². The van der Waals surface area contributed by atoms with Gasteiger partial charge in [-0.05, 0) is 6.92 Å². The number of rotatable bonds is 4. The van der Waals surface area contributed by atoms with Crippen molar-refractivity contribution in [2.45, 2.75) is 38.4 Å². The standard InChI is InChI=1S/C12H21N3O4S/c1-8(11(16)15(5)6)20(17,18)14-10-7-9(13-19-10)12(2,3)4/h7-8,14H,1-6H3/t8-/m0/s1. The van der Waals surface area contributed by atoms with Gasteiger partial charge in [-0.25, -0.2) is 8.42 Å². The predicted molar refractivity (Wildman–Crippen MR) is 75.9 cm³/mol. The van der Waals surface area contributed by atoms with E-state index in [1.807, 2.05) is 20.8 Å². The summed E-state index contributed by atoms with van der Waals surface area (Å²) >= 11 is 0. The number of sulfonamides is 1. The van der Waals surface area contributed by atoms with E-state index in [0.29, 0.717) is 5.69 Å². The smallest absolute Gasteiger partial charge is 0.246 e. The van der Waals surface area contributed by atoms with Gasteiger partial charge in [0.25, 0.3) is 0 Å². The molecule has 0 aliphatic heterocycles. The Morgan fingerprint density at radius 3 is 2.35 bits per heavy atom. The van der Waals surface area contributed by atoms with Gasteiger partial charge in [-0.1, -0.05) is 25.9 Å². The number of aromatic nitrogens is 1. The van der Waals surface area contributed by atoms with Crippen LogP contribution < -0.4 is 4.72 Å². The molecular formula is C12H21N3O4S. The molecule has 1 N–H and O–H groups in total. The maximum Gasteiger partial charge on any atom is 0.246 e. The second-order valence-electron chi connectivity index (χ2n) is 5.85. The van der Waals surface area contributed by atoms with Crippen LogP contribution in [0.25, 0.3) is 0 Å². The molecule has 0 aliphatic rings. The van der Waals surface area contributed by atoms with E-state index in [1.165, 1.54) is 32.0 Å². The van der Waals surface area contributed by atoms with Crippen LogP contribution in [0.5, 0.6) is 0 Å². The third kappa shape index (κ3) is 3.72. The Kier molecular flexibility index (Phi) is 4.48. The largest absolute Gasteiger partial charge is 0.348 e. The number of nitrogens with one attached hydrogen (secondary N) is 1. The van der Waals surface area contributed by atoms with Crippen LogP contribution >= 0.6 is 0 Å². The van der Waals surface area contributed by atoms with Crippen molar-refractivity contribution in [1.29, 1.82) is 0 Å². The zero-order chi connectivity index (χ0) is 15.7. The van der Waals surface area contributed by atoms with Gasteiger partial charge >= 0.3 is 0 Å². The van der Waals surface area contributed by atoms with E-state index in [1.54, 1.807) is 0 Å². The van der Waals surface area contributed by atoms with E-state index < -0.39 is 21.2 Å². The average Bonchev–Trinajstić information content (AvgIpc) is 2.74. The SMILES string of the molecule is C[C@@H](C(=O)N(C)C)S(=O)(=O)Nc1cc(C(C)(C)C)no1. The second-order valence-corrected chi connectivity index (χ2v) is 7.85. The summed E-state index contributed by atoms with van der Waals surface area (Å²) in [5.74, 6) is -0.499. The highest BCUT2D eigenvalue weighted by Crippen LogP contribution is 2.24. The first kappa shape index (κ1) is 16.5. The molecule has 0 saturated carbocycles. The Bertz CT molecular complexity index is 584. The Morgan fingerprint density at radius 2 is 1.95 bits per heavy atom. The summed E-state index contributed by atoms with van der Waals surface area (Å²) in [7, 11) is -0.864. The van der Waals surface area contributed by atoms with Crippen LogP contribution in [0.2, 0.25) is 0 Å². The van der Waals surface area contributed by atoms with Crippen LogP contribution in [0.4, 0.5) is 5.88 Å². The van der Waals surface area contributed by atoms with E-state index in [-0.39, 0.29) is 11.3 Å². The third-order valence-corrected chi connectivity index (χ3v) is 4.39. The third-order valence-electron chi connectivity index (χ3n) is 2.78. The molecule has 114 valence electrons. The topological polar surface area (TPSA) is 92.5 Å². The van der Waals surface area contributed by atoms with Gasteiger partial charge in [0, 0.05) is 25.6 Å². The number of hydrogen-bond acceptors (Lipinski definition) is 5. The normalized spacial score (nSPS) is 13.9. The second kappa shape index (κ2) is 5.43. The van der Waals surface area contributed by atoms with Crippen LogP contribution in [0.1, 0.15) is 33.4 Å². The lowest BCUT2D eigenvalue weighted by molar-refractivity contribution is -0.127. The summed E-state index contributed by atoms with van der Waals surface area (Å²) in [4.78, 5) is 12.9. The number of carbonyl (C=O) groups excluding carboxylic acids is 1. The van der Waals surface area contributed by atoms with Crippen molar-refractivity contribution >= 4 is 21.8 Å². The summed E-state index contributed by atoms with van der Waals surface area (Å²) in [6.45, 7) is 7.12. The molecule has 0 aliphatic carbocycles.